The van der Waals surface area contributed by atoms with Gasteiger partial charge in [0.05, 0.1) is 0 Å². The fraction of sp³-hybridized carbons (Fsp3) is 1.00. The third kappa shape index (κ3) is 1.21. The lowest BCUT2D eigenvalue weighted by Crippen LogP contribution is -2.32. The second-order valence-electron chi connectivity index (χ2n) is 1.46. The van der Waals surface area contributed by atoms with Gasteiger partial charge < -0.3 is 0 Å². The molecule has 0 atom stereocenters. The maximum Gasteiger partial charge on any atom is 0.378 e. The monoisotopic (exact) mass is 204 g/mol. The Labute approximate surface area is 70.0 Å². The van der Waals surface area contributed by atoms with Gasteiger partial charge >= 0.3 is 5.92 Å². The topological polar surface area (TPSA) is 49.4 Å². The van der Waals surface area contributed by atoms with Crippen LogP contribution in [0.4, 0.5) is 4.39 Å². The number of nitrogens with zero attached hydrogens (tertiary/aromatic N) is 4. The maximum absolute atomic E-state index is 12.9. The first kappa shape index (κ1) is 8.10. The summed E-state index contributed by atoms with van der Waals surface area (Å²) in [6, 6.07) is 0. The maximum atomic E-state index is 12.9. The lowest BCUT2D eigenvalue weighted by molar-refractivity contribution is 0.189. The minimum absolute atomic E-state index is 2.25. The predicted octanol–water partition coefficient (Wildman–Crippen LogP) is 2.81. The van der Waals surface area contributed by atoms with Crippen LogP contribution in [0.3, 0.4) is 0 Å². The first-order valence-corrected chi connectivity index (χ1v) is 3.19. The Morgan fingerprint density at radius 2 is 1.50 bits per heavy atom. The molecule has 0 aromatic rings. The molecule has 0 amide bonds. The molecule has 4 nitrogen and oxygen atoms in total. The molecule has 10 heavy (non-hydrogen) atoms. The standard InChI is InChI=1S/C2Cl3FN4/c3-1(4,5)2(6)7-9-10-8-2. The van der Waals surface area contributed by atoms with E-state index < -0.39 is 9.71 Å². The van der Waals surface area contributed by atoms with Crippen LogP contribution in [-0.2, 0) is 0 Å². The average Bonchev–Trinajstić information content (AvgIpc) is 2.13. The Bertz CT molecular complexity index is 183. The van der Waals surface area contributed by atoms with E-state index >= 15 is 0 Å². The van der Waals surface area contributed by atoms with Crippen molar-refractivity contribution in [3.05, 3.63) is 0 Å². The first-order valence-electron chi connectivity index (χ1n) is 2.05. The normalized spacial score (nSPS) is 22.0. The van der Waals surface area contributed by atoms with Gasteiger partial charge in [-0.25, -0.2) is 0 Å². The Hall–Kier alpha value is 0.0000000000000000555. The highest BCUT2D eigenvalue weighted by Crippen LogP contribution is 2.45. The van der Waals surface area contributed by atoms with Crippen LogP contribution in [0.5, 0.6) is 0 Å². The summed E-state index contributed by atoms with van der Waals surface area (Å²) in [6.45, 7) is 0. The molecule has 1 aliphatic rings. The van der Waals surface area contributed by atoms with Crippen LogP contribution in [0.1, 0.15) is 0 Å². The molecular formula is C2Cl3FN4. The van der Waals surface area contributed by atoms with Gasteiger partial charge in [-0.3, -0.25) is 0 Å². The van der Waals surface area contributed by atoms with Crippen LogP contribution in [0, 0.1) is 0 Å². The molecule has 0 N–H and O–H groups in total. The van der Waals surface area contributed by atoms with Gasteiger partial charge in [-0.15, -0.1) is 0 Å². The van der Waals surface area contributed by atoms with E-state index in [-0.39, 0.29) is 0 Å². The van der Waals surface area contributed by atoms with Crippen molar-refractivity contribution in [2.75, 3.05) is 0 Å². The van der Waals surface area contributed by atoms with Crippen LogP contribution in [0.25, 0.3) is 0 Å². The van der Waals surface area contributed by atoms with E-state index in [1.165, 1.54) is 0 Å². The summed E-state index contributed by atoms with van der Waals surface area (Å²) >= 11 is 15.4. The molecule has 0 radical (unpaired) electrons. The van der Waals surface area contributed by atoms with E-state index in [0.29, 0.717) is 0 Å². The van der Waals surface area contributed by atoms with Crippen LogP contribution in [-0.4, -0.2) is 9.71 Å². The Morgan fingerprint density at radius 3 is 1.70 bits per heavy atom. The summed E-state index contributed by atoms with van der Waals surface area (Å²) < 4.78 is 10.6. The molecule has 0 bridgehead atoms. The summed E-state index contributed by atoms with van der Waals surface area (Å²) in [4.78, 5) is 0. The third-order valence-electron chi connectivity index (χ3n) is 0.755. The van der Waals surface area contributed by atoms with Crippen molar-refractivity contribution in [3.63, 3.8) is 0 Å². The second kappa shape index (κ2) is 2.25. The summed E-state index contributed by atoms with van der Waals surface area (Å²) in [6.07, 6.45) is 0. The molecule has 0 saturated carbocycles. The van der Waals surface area contributed by atoms with E-state index in [9.17, 15) is 4.39 Å². The molecule has 0 aromatic carbocycles. The van der Waals surface area contributed by atoms with E-state index in [1.807, 2.05) is 0 Å². The minimum atomic E-state index is -2.66. The lowest BCUT2D eigenvalue weighted by atomic mass is 10.6. The van der Waals surface area contributed by atoms with Gasteiger partial charge in [0.2, 0.25) is 0 Å². The molecule has 0 unspecified atom stereocenters. The molecule has 0 spiro atoms. The second-order valence-corrected chi connectivity index (χ2v) is 3.75. The van der Waals surface area contributed by atoms with Crippen LogP contribution < -0.4 is 0 Å². The first-order chi connectivity index (χ1) is 4.46. The molecule has 0 aromatic heterocycles. The quantitative estimate of drug-likeness (QED) is 0.431. The van der Waals surface area contributed by atoms with Crippen molar-refractivity contribution in [2.24, 2.45) is 20.7 Å². The van der Waals surface area contributed by atoms with Crippen molar-refractivity contribution in [1.82, 2.24) is 0 Å². The Balaban J connectivity index is 2.90. The highest BCUT2D eigenvalue weighted by molar-refractivity contribution is 6.68. The zero-order valence-electron chi connectivity index (χ0n) is 4.30. The van der Waals surface area contributed by atoms with E-state index in [4.69, 9.17) is 34.8 Å². The van der Waals surface area contributed by atoms with E-state index in [1.54, 1.807) is 0 Å². The van der Waals surface area contributed by atoms with Gasteiger partial charge in [0, 0.05) is 0 Å². The molecule has 0 saturated heterocycles. The number of rotatable bonds is 0. The Kier molecular flexibility index (Phi) is 1.82. The molecular weight excluding hydrogens is 205 g/mol. The molecule has 1 rings (SSSR count). The van der Waals surface area contributed by atoms with Crippen LogP contribution in [0.2, 0.25) is 0 Å². The van der Waals surface area contributed by atoms with Crippen LogP contribution >= 0.6 is 34.8 Å². The average molecular weight is 205 g/mol. The highest BCUT2D eigenvalue weighted by Gasteiger charge is 2.53. The number of hydrogen-bond donors (Lipinski definition) is 0. The zero-order valence-corrected chi connectivity index (χ0v) is 6.57. The van der Waals surface area contributed by atoms with Gasteiger partial charge in [-0.1, -0.05) is 45.0 Å². The zero-order chi connectivity index (χ0) is 7.83. The van der Waals surface area contributed by atoms with E-state index in [0.717, 1.165) is 0 Å². The molecule has 1 heterocycles. The third-order valence-corrected chi connectivity index (χ3v) is 1.48. The summed E-state index contributed by atoms with van der Waals surface area (Å²) in [7, 11) is 0. The van der Waals surface area contributed by atoms with E-state index in [2.05, 4.69) is 20.7 Å². The summed E-state index contributed by atoms with van der Waals surface area (Å²) in [5.74, 6) is -2.66. The highest BCUT2D eigenvalue weighted by atomic mass is 35.6. The van der Waals surface area contributed by atoms with Crippen molar-refractivity contribution in [2.45, 2.75) is 9.71 Å². The van der Waals surface area contributed by atoms with Crippen molar-refractivity contribution < 1.29 is 4.39 Å². The molecule has 0 fully saturated rings. The number of hydrogen-bond acceptors (Lipinski definition) is 4. The van der Waals surface area contributed by atoms with Gasteiger partial charge in [-0.05, 0) is 10.4 Å². The number of halogens is 4. The van der Waals surface area contributed by atoms with Crippen molar-refractivity contribution in [1.29, 1.82) is 0 Å². The van der Waals surface area contributed by atoms with Crippen molar-refractivity contribution >= 4 is 34.8 Å². The largest absolute Gasteiger partial charge is 0.378 e. The smallest absolute Gasteiger partial charge is 0.182 e. The minimum Gasteiger partial charge on any atom is -0.182 e. The molecule has 56 valence electrons. The molecule has 0 aliphatic carbocycles. The van der Waals surface area contributed by atoms with Crippen molar-refractivity contribution in [3.8, 4) is 0 Å². The SMILES string of the molecule is FC1(C(Cl)(Cl)Cl)N=NN=N1. The lowest BCUT2D eigenvalue weighted by Gasteiger charge is -2.17. The summed E-state index contributed by atoms with van der Waals surface area (Å²) in [5, 5.41) is 11.5. The predicted molar refractivity (Wildman–Crippen MR) is 33.8 cm³/mol. The number of alkyl halides is 4. The van der Waals surface area contributed by atoms with Crippen LogP contribution in [0.15, 0.2) is 20.7 Å². The van der Waals surface area contributed by atoms with Gasteiger partial charge in [0.1, 0.15) is 0 Å². The van der Waals surface area contributed by atoms with Gasteiger partial charge in [0.15, 0.2) is 0 Å². The molecule has 8 heteroatoms. The van der Waals surface area contributed by atoms with Gasteiger partial charge in [0.25, 0.3) is 3.79 Å². The molecule has 1 aliphatic heterocycles. The Morgan fingerprint density at radius 1 is 1.10 bits per heavy atom. The van der Waals surface area contributed by atoms with Gasteiger partial charge in [-0.2, -0.15) is 4.39 Å². The fourth-order valence-corrected chi connectivity index (χ4v) is 0.519. The summed E-state index contributed by atoms with van der Waals surface area (Å²) in [5.41, 5.74) is 0. The fourth-order valence-electron chi connectivity index (χ4n) is 0.292.